The van der Waals surface area contributed by atoms with Gasteiger partial charge in [0.2, 0.25) is 11.4 Å². The maximum atomic E-state index is 14.8. The highest BCUT2D eigenvalue weighted by Crippen LogP contribution is 2.52. The topological polar surface area (TPSA) is 79.4 Å². The zero-order valence-electron chi connectivity index (χ0n) is 18.8. The lowest BCUT2D eigenvalue weighted by molar-refractivity contribution is -0.195. The summed E-state index contributed by atoms with van der Waals surface area (Å²) in [5.41, 5.74) is -4.01. The van der Waals surface area contributed by atoms with Gasteiger partial charge >= 0.3 is 6.18 Å². The lowest BCUT2D eigenvalue weighted by Crippen LogP contribution is -2.67. The molecule has 2 amide bonds. The molecule has 1 aliphatic heterocycles. The fourth-order valence-electron chi connectivity index (χ4n) is 5.32. The van der Waals surface area contributed by atoms with Crippen LogP contribution in [0.15, 0.2) is 35.8 Å². The second-order valence-corrected chi connectivity index (χ2v) is 10.1. The third kappa shape index (κ3) is 4.06. The number of hydrogen-bond donors (Lipinski definition) is 1. The summed E-state index contributed by atoms with van der Waals surface area (Å²) < 4.78 is 44.3. The molecule has 178 valence electrons. The van der Waals surface area contributed by atoms with Crippen molar-refractivity contribution in [2.24, 2.45) is 11.3 Å². The molecular formula is C24H28F3N3O3. The molecule has 3 aliphatic rings. The van der Waals surface area contributed by atoms with Gasteiger partial charge in [-0.3, -0.25) is 19.4 Å². The number of nitrogens with zero attached hydrogens (tertiary/aromatic N) is 2. The molecule has 0 bridgehead atoms. The van der Waals surface area contributed by atoms with E-state index in [1.807, 2.05) is 0 Å². The molecule has 2 aliphatic carbocycles. The summed E-state index contributed by atoms with van der Waals surface area (Å²) in [5.74, 6) is -3.48. The second-order valence-electron chi connectivity index (χ2n) is 10.1. The number of alkyl halides is 3. The summed E-state index contributed by atoms with van der Waals surface area (Å²) in [6, 6.07) is 3.29. The van der Waals surface area contributed by atoms with E-state index >= 15 is 0 Å². The van der Waals surface area contributed by atoms with Gasteiger partial charge in [0.1, 0.15) is 0 Å². The average Bonchev–Trinajstić information content (AvgIpc) is 2.97. The SMILES string of the molecule is CC1(C)CC(=O)C2=C(C1)N(Cc1cccnc1)C(=O)C2(NC(=O)C1CCCCC1)C(F)(F)F. The van der Waals surface area contributed by atoms with Crippen molar-refractivity contribution in [3.63, 3.8) is 0 Å². The summed E-state index contributed by atoms with van der Waals surface area (Å²) in [6.07, 6.45) is 1.19. The highest BCUT2D eigenvalue weighted by Gasteiger charge is 2.71. The van der Waals surface area contributed by atoms with Crippen LogP contribution >= 0.6 is 0 Å². The standard InChI is InChI=1S/C24H28F3N3O3/c1-22(2)11-17-19(18(31)12-22)23(24(25,26)27,29-20(32)16-8-4-3-5-9-16)21(33)30(17)14-15-7-6-10-28-13-15/h6-7,10,13,16H,3-5,8-9,11-12,14H2,1-2H3,(H,29,32). The summed E-state index contributed by atoms with van der Waals surface area (Å²) in [5, 5.41) is 2.08. The molecule has 6 nitrogen and oxygen atoms in total. The van der Waals surface area contributed by atoms with Crippen LogP contribution in [0, 0.1) is 11.3 Å². The molecule has 1 unspecified atom stereocenters. The fourth-order valence-corrected chi connectivity index (χ4v) is 5.32. The number of carbonyl (C=O) groups excluding carboxylic acids is 3. The van der Waals surface area contributed by atoms with Crippen LogP contribution < -0.4 is 5.32 Å². The van der Waals surface area contributed by atoms with Crippen LogP contribution in [0.2, 0.25) is 0 Å². The molecule has 0 saturated heterocycles. The van der Waals surface area contributed by atoms with Gasteiger partial charge in [-0.2, -0.15) is 13.2 Å². The summed E-state index contributed by atoms with van der Waals surface area (Å²) in [7, 11) is 0. The van der Waals surface area contributed by atoms with Gasteiger partial charge in [-0.05, 0) is 36.3 Å². The molecule has 1 aromatic heterocycles. The first-order chi connectivity index (χ1) is 15.5. The molecular weight excluding hydrogens is 435 g/mol. The fraction of sp³-hybridized carbons (Fsp3) is 0.583. The highest BCUT2D eigenvalue weighted by molar-refractivity contribution is 6.13. The first kappa shape index (κ1) is 23.4. The Kier molecular flexibility index (Phi) is 5.87. The minimum Gasteiger partial charge on any atom is -0.330 e. The molecule has 9 heteroatoms. The molecule has 0 aromatic carbocycles. The minimum atomic E-state index is -5.17. The number of amides is 2. The van der Waals surface area contributed by atoms with Crippen LogP contribution in [-0.4, -0.2) is 39.2 Å². The molecule has 33 heavy (non-hydrogen) atoms. The number of hydrogen-bond acceptors (Lipinski definition) is 4. The molecule has 1 atom stereocenters. The number of halogens is 3. The van der Waals surface area contributed by atoms with E-state index < -0.39 is 46.2 Å². The number of allylic oxidation sites excluding steroid dienone is 1. The van der Waals surface area contributed by atoms with E-state index in [0.717, 1.165) is 24.2 Å². The zero-order valence-corrected chi connectivity index (χ0v) is 18.8. The summed E-state index contributed by atoms with van der Waals surface area (Å²) in [6.45, 7) is 3.41. The van der Waals surface area contributed by atoms with Gasteiger partial charge in [0.05, 0.1) is 12.1 Å². The number of pyridine rings is 1. The van der Waals surface area contributed by atoms with Crippen molar-refractivity contribution >= 4 is 17.6 Å². The molecule has 1 N–H and O–H groups in total. The Labute approximate surface area is 190 Å². The van der Waals surface area contributed by atoms with Gasteiger partial charge in [-0.1, -0.05) is 39.2 Å². The van der Waals surface area contributed by atoms with E-state index in [1.165, 1.54) is 12.4 Å². The van der Waals surface area contributed by atoms with Gasteiger partial charge in [0.15, 0.2) is 5.78 Å². The first-order valence-electron chi connectivity index (χ1n) is 11.3. The van der Waals surface area contributed by atoms with Gasteiger partial charge in [-0.15, -0.1) is 0 Å². The quantitative estimate of drug-likeness (QED) is 0.730. The lowest BCUT2D eigenvalue weighted by Gasteiger charge is -2.36. The number of ketones is 1. The Hall–Kier alpha value is -2.71. The first-order valence-corrected chi connectivity index (χ1v) is 11.3. The molecule has 1 saturated carbocycles. The van der Waals surface area contributed by atoms with Crippen molar-refractivity contribution in [3.05, 3.63) is 41.4 Å². The summed E-state index contributed by atoms with van der Waals surface area (Å²) >= 11 is 0. The maximum absolute atomic E-state index is 14.8. The molecule has 0 spiro atoms. The predicted molar refractivity (Wildman–Crippen MR) is 113 cm³/mol. The monoisotopic (exact) mass is 463 g/mol. The van der Waals surface area contributed by atoms with E-state index in [-0.39, 0.29) is 25.1 Å². The smallest absolute Gasteiger partial charge is 0.330 e. The number of carbonyl (C=O) groups is 3. The molecule has 0 radical (unpaired) electrons. The molecule has 1 fully saturated rings. The van der Waals surface area contributed by atoms with Crippen LogP contribution in [0.3, 0.4) is 0 Å². The largest absolute Gasteiger partial charge is 0.425 e. The normalized spacial score (nSPS) is 25.9. The number of rotatable bonds is 4. The number of nitrogens with one attached hydrogen (secondary N) is 1. The lowest BCUT2D eigenvalue weighted by atomic mass is 9.72. The second kappa shape index (κ2) is 8.25. The van der Waals surface area contributed by atoms with Crippen molar-refractivity contribution in [3.8, 4) is 0 Å². The maximum Gasteiger partial charge on any atom is 0.425 e. The van der Waals surface area contributed by atoms with Gasteiger partial charge in [0, 0.05) is 30.4 Å². The van der Waals surface area contributed by atoms with Crippen molar-refractivity contribution in [2.45, 2.75) is 77.1 Å². The minimum absolute atomic E-state index is 0.0476. The summed E-state index contributed by atoms with van der Waals surface area (Å²) in [4.78, 5) is 44.8. The van der Waals surface area contributed by atoms with E-state index in [1.54, 1.807) is 26.0 Å². The van der Waals surface area contributed by atoms with Crippen LogP contribution in [0.5, 0.6) is 0 Å². The highest BCUT2D eigenvalue weighted by atomic mass is 19.4. The van der Waals surface area contributed by atoms with Crippen LogP contribution in [0.1, 0.15) is 64.4 Å². The molecule has 4 rings (SSSR count). The predicted octanol–water partition coefficient (Wildman–Crippen LogP) is 4.06. The van der Waals surface area contributed by atoms with Crippen molar-refractivity contribution in [1.29, 1.82) is 0 Å². The van der Waals surface area contributed by atoms with Crippen LogP contribution in [0.25, 0.3) is 0 Å². The van der Waals surface area contributed by atoms with Crippen LogP contribution in [-0.2, 0) is 20.9 Å². The number of aromatic nitrogens is 1. The average molecular weight is 464 g/mol. The van der Waals surface area contributed by atoms with Crippen molar-refractivity contribution in [1.82, 2.24) is 15.2 Å². The Morgan fingerprint density at radius 3 is 2.48 bits per heavy atom. The Balaban J connectivity index is 1.82. The van der Waals surface area contributed by atoms with E-state index in [9.17, 15) is 27.6 Å². The number of Topliss-reactive ketones (excluding diaryl/α,β-unsaturated/α-hetero) is 1. The van der Waals surface area contributed by atoms with E-state index in [4.69, 9.17) is 0 Å². The Bertz CT molecular complexity index is 997. The third-order valence-electron chi connectivity index (χ3n) is 6.89. The third-order valence-corrected chi connectivity index (χ3v) is 6.89. The molecule has 2 heterocycles. The Morgan fingerprint density at radius 1 is 1.18 bits per heavy atom. The zero-order chi connectivity index (χ0) is 24.0. The van der Waals surface area contributed by atoms with Crippen molar-refractivity contribution < 1.29 is 27.6 Å². The van der Waals surface area contributed by atoms with E-state index in [0.29, 0.717) is 18.4 Å². The van der Waals surface area contributed by atoms with Crippen molar-refractivity contribution in [2.75, 3.05) is 0 Å². The Morgan fingerprint density at radius 2 is 1.88 bits per heavy atom. The van der Waals surface area contributed by atoms with E-state index in [2.05, 4.69) is 10.3 Å². The van der Waals surface area contributed by atoms with Gasteiger partial charge in [-0.25, -0.2) is 0 Å². The molecule has 1 aromatic rings. The van der Waals surface area contributed by atoms with Gasteiger partial charge in [0.25, 0.3) is 5.91 Å². The van der Waals surface area contributed by atoms with Gasteiger partial charge < -0.3 is 10.2 Å². The van der Waals surface area contributed by atoms with Crippen LogP contribution in [0.4, 0.5) is 13.2 Å².